The smallest absolute Gasteiger partial charge is 0.291 e. The van der Waals surface area contributed by atoms with Crippen molar-refractivity contribution < 1.29 is 4.39 Å². The van der Waals surface area contributed by atoms with Crippen LogP contribution >= 0.6 is 0 Å². The Morgan fingerprint density at radius 1 is 1.05 bits per heavy atom. The van der Waals surface area contributed by atoms with Gasteiger partial charge in [-0.25, -0.2) is 9.18 Å². The van der Waals surface area contributed by atoms with E-state index in [2.05, 4.69) is 0 Å². The van der Waals surface area contributed by atoms with E-state index in [1.165, 1.54) is 15.6 Å². The molecular formula is C17H21FN2O2. The number of hydrogen-bond donors (Lipinski definition) is 0. The molecule has 1 heterocycles. The third kappa shape index (κ3) is 2.72. The van der Waals surface area contributed by atoms with E-state index in [-0.39, 0.29) is 17.8 Å². The van der Waals surface area contributed by atoms with Gasteiger partial charge in [-0.2, -0.15) is 0 Å². The molecule has 1 aliphatic carbocycles. The largest absolute Gasteiger partial charge is 0.331 e. The lowest BCUT2D eigenvalue weighted by molar-refractivity contribution is 0.308. The molecule has 4 nitrogen and oxygen atoms in total. The van der Waals surface area contributed by atoms with Crippen LogP contribution in [0.15, 0.2) is 33.9 Å². The van der Waals surface area contributed by atoms with Gasteiger partial charge < -0.3 is 0 Å². The molecule has 0 bridgehead atoms. The fourth-order valence-corrected chi connectivity index (χ4v) is 3.46. The lowest BCUT2D eigenvalue weighted by atomic mass is 9.89. The van der Waals surface area contributed by atoms with Gasteiger partial charge in [-0.15, -0.1) is 0 Å². The summed E-state index contributed by atoms with van der Waals surface area (Å²) in [6.45, 7) is -0.176. The summed E-state index contributed by atoms with van der Waals surface area (Å²) in [5.74, 6) is 0.374. The van der Waals surface area contributed by atoms with Gasteiger partial charge in [0.15, 0.2) is 0 Å². The van der Waals surface area contributed by atoms with Gasteiger partial charge in [0, 0.05) is 6.54 Å². The molecule has 0 N–H and O–H groups in total. The highest BCUT2D eigenvalue weighted by molar-refractivity contribution is 5.77. The quantitative estimate of drug-likeness (QED) is 0.871. The van der Waals surface area contributed by atoms with Gasteiger partial charge in [0.1, 0.15) is 6.67 Å². The van der Waals surface area contributed by atoms with Crippen molar-refractivity contribution in [1.29, 1.82) is 0 Å². The molecule has 5 heteroatoms. The lowest BCUT2D eigenvalue weighted by Gasteiger charge is -2.22. The van der Waals surface area contributed by atoms with Crippen molar-refractivity contribution in [3.8, 4) is 0 Å². The Bertz CT molecular complexity index is 772. The molecule has 1 aromatic heterocycles. The van der Waals surface area contributed by atoms with Crippen LogP contribution in [-0.4, -0.2) is 15.8 Å². The summed E-state index contributed by atoms with van der Waals surface area (Å²) in [5, 5.41) is 0.492. The monoisotopic (exact) mass is 304 g/mol. The summed E-state index contributed by atoms with van der Waals surface area (Å²) in [6, 6.07) is 6.96. The highest BCUT2D eigenvalue weighted by Crippen LogP contribution is 2.24. The zero-order chi connectivity index (χ0) is 15.5. The third-order valence-electron chi connectivity index (χ3n) is 4.61. The minimum atomic E-state index is -0.620. The highest BCUT2D eigenvalue weighted by Gasteiger charge is 2.18. The first-order valence-electron chi connectivity index (χ1n) is 8.00. The third-order valence-corrected chi connectivity index (χ3v) is 4.61. The second-order valence-electron chi connectivity index (χ2n) is 6.06. The number of halogens is 1. The normalized spacial score (nSPS) is 16.2. The Kier molecular flexibility index (Phi) is 4.41. The Labute approximate surface area is 128 Å². The van der Waals surface area contributed by atoms with E-state index < -0.39 is 6.67 Å². The number of rotatable bonds is 4. The molecule has 0 saturated heterocycles. The number of para-hydroxylation sites is 1. The van der Waals surface area contributed by atoms with E-state index in [1.54, 1.807) is 24.3 Å². The molecule has 118 valence electrons. The number of hydrogen-bond acceptors (Lipinski definition) is 2. The van der Waals surface area contributed by atoms with Crippen LogP contribution < -0.4 is 11.2 Å². The Balaban J connectivity index is 2.12. The topological polar surface area (TPSA) is 44.0 Å². The van der Waals surface area contributed by atoms with Gasteiger partial charge in [-0.05, 0) is 30.9 Å². The lowest BCUT2D eigenvalue weighted by Crippen LogP contribution is -2.42. The van der Waals surface area contributed by atoms with Gasteiger partial charge in [0.05, 0.1) is 17.4 Å². The zero-order valence-electron chi connectivity index (χ0n) is 12.6. The van der Waals surface area contributed by atoms with Crippen molar-refractivity contribution in [3.63, 3.8) is 0 Å². The first kappa shape index (κ1) is 15.0. The van der Waals surface area contributed by atoms with E-state index >= 15 is 0 Å². The second-order valence-corrected chi connectivity index (χ2v) is 6.06. The van der Waals surface area contributed by atoms with Crippen LogP contribution in [0.4, 0.5) is 4.39 Å². The SMILES string of the molecule is O=c1c2ccccc2n(CCF)c(=O)n1CC1CCCCC1. The molecule has 1 aromatic carbocycles. The minimum Gasteiger partial charge on any atom is -0.291 e. The molecule has 1 saturated carbocycles. The number of aromatic nitrogens is 2. The van der Waals surface area contributed by atoms with E-state index in [0.717, 1.165) is 25.7 Å². The maximum atomic E-state index is 12.8. The van der Waals surface area contributed by atoms with Crippen LogP contribution in [0.5, 0.6) is 0 Å². The Morgan fingerprint density at radius 3 is 2.50 bits per heavy atom. The molecule has 2 aromatic rings. The van der Waals surface area contributed by atoms with Crippen LogP contribution in [0.1, 0.15) is 32.1 Å². The molecular weight excluding hydrogens is 283 g/mol. The van der Waals surface area contributed by atoms with E-state index in [4.69, 9.17) is 0 Å². The fourth-order valence-electron chi connectivity index (χ4n) is 3.46. The van der Waals surface area contributed by atoms with Gasteiger partial charge in [-0.3, -0.25) is 13.9 Å². The fraction of sp³-hybridized carbons (Fsp3) is 0.529. The summed E-state index contributed by atoms with van der Waals surface area (Å²) in [6.07, 6.45) is 5.66. The summed E-state index contributed by atoms with van der Waals surface area (Å²) in [4.78, 5) is 25.3. The van der Waals surface area contributed by atoms with Crippen LogP contribution in [0.2, 0.25) is 0 Å². The Morgan fingerprint density at radius 2 is 1.77 bits per heavy atom. The highest BCUT2D eigenvalue weighted by atomic mass is 19.1. The van der Waals surface area contributed by atoms with Gasteiger partial charge >= 0.3 is 5.69 Å². The summed E-state index contributed by atoms with van der Waals surface area (Å²) < 4.78 is 15.5. The number of nitrogens with zero attached hydrogens (tertiary/aromatic N) is 2. The molecule has 22 heavy (non-hydrogen) atoms. The van der Waals surface area contributed by atoms with Crippen LogP contribution in [0.25, 0.3) is 10.9 Å². The maximum absolute atomic E-state index is 12.8. The van der Waals surface area contributed by atoms with Gasteiger partial charge in [0.2, 0.25) is 0 Å². The van der Waals surface area contributed by atoms with Crippen molar-refractivity contribution in [2.75, 3.05) is 6.67 Å². The maximum Gasteiger partial charge on any atom is 0.331 e. The van der Waals surface area contributed by atoms with Crippen LogP contribution in [0.3, 0.4) is 0 Å². The predicted octanol–water partition coefficient (Wildman–Crippen LogP) is 2.71. The number of aryl methyl sites for hydroxylation is 1. The predicted molar refractivity (Wildman–Crippen MR) is 85.0 cm³/mol. The minimum absolute atomic E-state index is 0.00963. The standard InChI is InChI=1S/C17H21FN2O2/c18-10-11-19-15-9-5-4-8-14(15)16(21)20(17(19)22)12-13-6-2-1-3-7-13/h4-5,8-9,13H,1-3,6-7,10-12H2. The molecule has 3 rings (SSSR count). The van der Waals surface area contributed by atoms with Gasteiger partial charge in [-0.1, -0.05) is 31.4 Å². The summed E-state index contributed by atoms with van der Waals surface area (Å²) >= 11 is 0. The van der Waals surface area contributed by atoms with Crippen molar-refractivity contribution in [2.45, 2.75) is 45.2 Å². The molecule has 1 fully saturated rings. The summed E-state index contributed by atoms with van der Waals surface area (Å²) in [5.41, 5.74) is -0.108. The van der Waals surface area contributed by atoms with Crippen molar-refractivity contribution in [1.82, 2.24) is 9.13 Å². The van der Waals surface area contributed by atoms with Crippen molar-refractivity contribution >= 4 is 10.9 Å². The average Bonchev–Trinajstić information content (AvgIpc) is 2.56. The van der Waals surface area contributed by atoms with E-state index in [1.807, 2.05) is 0 Å². The number of fused-ring (bicyclic) bond motifs is 1. The molecule has 1 aliphatic rings. The van der Waals surface area contributed by atoms with Crippen LogP contribution in [0, 0.1) is 5.92 Å². The molecule has 0 spiro atoms. The molecule has 0 unspecified atom stereocenters. The summed E-state index contributed by atoms with van der Waals surface area (Å²) in [7, 11) is 0. The number of alkyl halides is 1. The van der Waals surface area contributed by atoms with E-state index in [0.29, 0.717) is 23.4 Å². The molecule has 0 radical (unpaired) electrons. The second kappa shape index (κ2) is 6.46. The average molecular weight is 304 g/mol. The van der Waals surface area contributed by atoms with Crippen molar-refractivity contribution in [3.05, 3.63) is 45.1 Å². The zero-order valence-corrected chi connectivity index (χ0v) is 12.6. The molecule has 0 aliphatic heterocycles. The number of benzene rings is 1. The first-order valence-corrected chi connectivity index (χ1v) is 8.00. The van der Waals surface area contributed by atoms with Crippen molar-refractivity contribution in [2.24, 2.45) is 5.92 Å². The molecule has 0 atom stereocenters. The van der Waals surface area contributed by atoms with Crippen LogP contribution in [-0.2, 0) is 13.1 Å². The van der Waals surface area contributed by atoms with E-state index in [9.17, 15) is 14.0 Å². The van der Waals surface area contributed by atoms with Gasteiger partial charge in [0.25, 0.3) is 5.56 Å². The molecule has 0 amide bonds. The first-order chi connectivity index (χ1) is 10.7. The Hall–Kier alpha value is -1.91.